The molecule has 0 aliphatic heterocycles. The standard InChI is InChI=1S/C23H22BrN3O4/c1-2-12-25-22(29)16-4-3-5-18(14-16)26-21(28)13-15-6-8-17(9-7-15)27-23(30)19-10-11-20(24)31-19/h3-11,14H,2,12-13H2,1H3,(H,25,29)(H,26,28)(H,27,30). The van der Waals surface area contributed by atoms with Crippen molar-refractivity contribution < 1.29 is 18.8 Å². The van der Waals surface area contributed by atoms with E-state index < -0.39 is 0 Å². The molecule has 0 bridgehead atoms. The van der Waals surface area contributed by atoms with Gasteiger partial charge in [0, 0.05) is 23.5 Å². The number of anilines is 2. The van der Waals surface area contributed by atoms with Crippen LogP contribution < -0.4 is 16.0 Å². The van der Waals surface area contributed by atoms with Gasteiger partial charge in [0.2, 0.25) is 5.91 Å². The number of hydrogen-bond acceptors (Lipinski definition) is 4. The third-order valence-electron chi connectivity index (χ3n) is 4.32. The van der Waals surface area contributed by atoms with Gasteiger partial charge in [-0.1, -0.05) is 25.1 Å². The van der Waals surface area contributed by atoms with E-state index in [0.29, 0.717) is 28.2 Å². The van der Waals surface area contributed by atoms with Crippen molar-refractivity contribution in [3.63, 3.8) is 0 Å². The van der Waals surface area contributed by atoms with Crippen LogP contribution in [0.2, 0.25) is 0 Å². The molecule has 3 amide bonds. The molecule has 0 unspecified atom stereocenters. The summed E-state index contributed by atoms with van der Waals surface area (Å²) >= 11 is 3.16. The first-order valence-corrected chi connectivity index (χ1v) is 10.6. The summed E-state index contributed by atoms with van der Waals surface area (Å²) in [6, 6.07) is 17.0. The van der Waals surface area contributed by atoms with Crippen molar-refractivity contribution in [2.75, 3.05) is 17.2 Å². The molecule has 1 aromatic heterocycles. The Hall–Kier alpha value is -3.39. The predicted molar refractivity (Wildman–Crippen MR) is 122 cm³/mol. The van der Waals surface area contributed by atoms with Crippen molar-refractivity contribution in [3.05, 3.63) is 82.2 Å². The summed E-state index contributed by atoms with van der Waals surface area (Å²) < 4.78 is 5.70. The van der Waals surface area contributed by atoms with Crippen LogP contribution in [0.3, 0.4) is 0 Å². The minimum atomic E-state index is -0.362. The zero-order valence-corrected chi connectivity index (χ0v) is 18.5. The predicted octanol–water partition coefficient (Wildman–Crippen LogP) is 4.62. The van der Waals surface area contributed by atoms with E-state index in [1.165, 1.54) is 0 Å². The molecule has 7 nitrogen and oxygen atoms in total. The molecule has 0 aliphatic rings. The first-order chi connectivity index (χ1) is 14.9. The van der Waals surface area contributed by atoms with Crippen LogP contribution in [0.15, 0.2) is 69.8 Å². The molecule has 0 fully saturated rings. The van der Waals surface area contributed by atoms with Gasteiger partial charge in [0.15, 0.2) is 10.4 Å². The van der Waals surface area contributed by atoms with Gasteiger partial charge in [-0.25, -0.2) is 0 Å². The molecular formula is C23H22BrN3O4. The molecule has 0 saturated heterocycles. The number of halogens is 1. The van der Waals surface area contributed by atoms with E-state index in [0.717, 1.165) is 12.0 Å². The molecule has 2 aromatic carbocycles. The molecule has 8 heteroatoms. The molecule has 3 aromatic rings. The quantitative estimate of drug-likeness (QED) is 0.435. The SMILES string of the molecule is CCCNC(=O)c1cccc(NC(=O)Cc2ccc(NC(=O)c3ccc(Br)o3)cc2)c1. The minimum Gasteiger partial charge on any atom is -0.444 e. The Kier molecular flexibility index (Phi) is 7.61. The number of carbonyl (C=O) groups excluding carboxylic acids is 3. The second-order valence-corrected chi connectivity index (χ2v) is 7.60. The zero-order chi connectivity index (χ0) is 22.2. The van der Waals surface area contributed by atoms with Gasteiger partial charge in [0.05, 0.1) is 6.42 Å². The number of rotatable bonds is 8. The summed E-state index contributed by atoms with van der Waals surface area (Å²) in [5, 5.41) is 8.35. The van der Waals surface area contributed by atoms with Crippen LogP contribution in [-0.2, 0) is 11.2 Å². The van der Waals surface area contributed by atoms with Crippen molar-refractivity contribution in [1.82, 2.24) is 5.32 Å². The second kappa shape index (κ2) is 10.6. The third-order valence-corrected chi connectivity index (χ3v) is 4.74. The first-order valence-electron chi connectivity index (χ1n) is 9.78. The fraction of sp³-hybridized carbons (Fsp3) is 0.174. The van der Waals surface area contributed by atoms with Crippen LogP contribution in [0.5, 0.6) is 0 Å². The maximum absolute atomic E-state index is 12.4. The van der Waals surface area contributed by atoms with E-state index in [1.54, 1.807) is 60.7 Å². The van der Waals surface area contributed by atoms with Crippen LogP contribution in [0.1, 0.15) is 39.8 Å². The van der Waals surface area contributed by atoms with Gasteiger partial charge in [0.25, 0.3) is 11.8 Å². The highest BCUT2D eigenvalue weighted by molar-refractivity contribution is 9.10. The van der Waals surface area contributed by atoms with Gasteiger partial charge in [-0.2, -0.15) is 0 Å². The lowest BCUT2D eigenvalue weighted by atomic mass is 10.1. The monoisotopic (exact) mass is 483 g/mol. The van der Waals surface area contributed by atoms with Gasteiger partial charge in [-0.3, -0.25) is 14.4 Å². The number of benzene rings is 2. The Morgan fingerprint density at radius 3 is 2.35 bits per heavy atom. The van der Waals surface area contributed by atoms with Crippen LogP contribution in [-0.4, -0.2) is 24.3 Å². The maximum atomic E-state index is 12.4. The zero-order valence-electron chi connectivity index (χ0n) is 16.9. The highest BCUT2D eigenvalue weighted by atomic mass is 79.9. The highest BCUT2D eigenvalue weighted by Gasteiger charge is 2.11. The van der Waals surface area contributed by atoms with E-state index >= 15 is 0 Å². The van der Waals surface area contributed by atoms with E-state index in [2.05, 4.69) is 31.9 Å². The van der Waals surface area contributed by atoms with Gasteiger partial charge in [0.1, 0.15) is 0 Å². The maximum Gasteiger partial charge on any atom is 0.291 e. The van der Waals surface area contributed by atoms with Gasteiger partial charge >= 0.3 is 0 Å². The molecule has 0 saturated carbocycles. The number of amides is 3. The fourth-order valence-electron chi connectivity index (χ4n) is 2.80. The Bertz CT molecular complexity index is 1080. The summed E-state index contributed by atoms with van der Waals surface area (Å²) in [4.78, 5) is 36.6. The van der Waals surface area contributed by atoms with Crippen LogP contribution in [0.4, 0.5) is 11.4 Å². The van der Waals surface area contributed by atoms with Gasteiger partial charge in [-0.05, 0) is 70.4 Å². The summed E-state index contributed by atoms with van der Waals surface area (Å²) in [7, 11) is 0. The summed E-state index contributed by atoms with van der Waals surface area (Å²) in [6.07, 6.45) is 1.01. The average Bonchev–Trinajstić information content (AvgIpc) is 3.20. The van der Waals surface area contributed by atoms with Gasteiger partial charge in [-0.15, -0.1) is 0 Å². The Balaban J connectivity index is 1.55. The lowest BCUT2D eigenvalue weighted by Crippen LogP contribution is -2.24. The second-order valence-electron chi connectivity index (χ2n) is 6.82. The summed E-state index contributed by atoms with van der Waals surface area (Å²) in [5.74, 6) is -0.541. The van der Waals surface area contributed by atoms with Gasteiger partial charge < -0.3 is 20.4 Å². The van der Waals surface area contributed by atoms with Crippen molar-refractivity contribution in [2.45, 2.75) is 19.8 Å². The molecule has 1 heterocycles. The Labute approximate surface area is 188 Å². The molecule has 0 spiro atoms. The third kappa shape index (κ3) is 6.55. The smallest absolute Gasteiger partial charge is 0.291 e. The topological polar surface area (TPSA) is 100 Å². The normalized spacial score (nSPS) is 10.4. The Morgan fingerprint density at radius 2 is 1.68 bits per heavy atom. The van der Waals surface area contributed by atoms with E-state index in [9.17, 15) is 14.4 Å². The minimum absolute atomic E-state index is 0.158. The fourth-order valence-corrected chi connectivity index (χ4v) is 3.11. The van der Waals surface area contributed by atoms with E-state index in [1.807, 2.05) is 6.92 Å². The lowest BCUT2D eigenvalue weighted by Gasteiger charge is -2.09. The molecule has 3 rings (SSSR count). The molecule has 0 aliphatic carbocycles. The van der Waals surface area contributed by atoms with Crippen molar-refractivity contribution in [3.8, 4) is 0 Å². The molecule has 3 N–H and O–H groups in total. The van der Waals surface area contributed by atoms with E-state index in [-0.39, 0.29) is 29.9 Å². The lowest BCUT2D eigenvalue weighted by molar-refractivity contribution is -0.115. The summed E-state index contributed by atoms with van der Waals surface area (Å²) in [5.41, 5.74) is 2.43. The molecule has 160 valence electrons. The summed E-state index contributed by atoms with van der Waals surface area (Å²) in [6.45, 7) is 2.58. The number of hydrogen-bond donors (Lipinski definition) is 3. The van der Waals surface area contributed by atoms with Crippen LogP contribution in [0.25, 0.3) is 0 Å². The molecule has 0 radical (unpaired) electrons. The molecule has 31 heavy (non-hydrogen) atoms. The molecular weight excluding hydrogens is 462 g/mol. The van der Waals surface area contributed by atoms with Crippen LogP contribution >= 0.6 is 15.9 Å². The average molecular weight is 484 g/mol. The molecule has 0 atom stereocenters. The number of carbonyl (C=O) groups is 3. The van der Waals surface area contributed by atoms with Crippen molar-refractivity contribution in [2.24, 2.45) is 0 Å². The first kappa shape index (κ1) is 22.3. The number of nitrogens with one attached hydrogen (secondary N) is 3. The van der Waals surface area contributed by atoms with E-state index in [4.69, 9.17) is 4.42 Å². The van der Waals surface area contributed by atoms with Crippen molar-refractivity contribution >= 4 is 45.0 Å². The largest absolute Gasteiger partial charge is 0.444 e. The number of furan rings is 1. The Morgan fingerprint density at radius 1 is 0.903 bits per heavy atom. The highest BCUT2D eigenvalue weighted by Crippen LogP contribution is 2.17. The van der Waals surface area contributed by atoms with Crippen molar-refractivity contribution in [1.29, 1.82) is 0 Å². The van der Waals surface area contributed by atoms with Crippen LogP contribution in [0, 0.1) is 0 Å².